The first-order valence-corrected chi connectivity index (χ1v) is 10.3. The lowest BCUT2D eigenvalue weighted by molar-refractivity contribution is 0.277. The molecule has 0 bridgehead atoms. The number of phenolic OH excluding ortho intramolecular Hbond substituents is 1. The molecule has 0 fully saturated rings. The molecule has 2 aromatic carbocycles. The van der Waals surface area contributed by atoms with E-state index in [-0.39, 0.29) is 9.83 Å². The van der Waals surface area contributed by atoms with Crippen molar-refractivity contribution < 1.29 is 9.84 Å². The lowest BCUT2D eigenvalue weighted by Gasteiger charge is -2.36. The van der Waals surface area contributed by atoms with E-state index in [1.807, 2.05) is 35.7 Å². The molecule has 0 aromatic heterocycles. The van der Waals surface area contributed by atoms with Gasteiger partial charge in [0.05, 0.1) is 10.7 Å². The molecular formula is C20H20O2S2. The predicted octanol–water partition coefficient (Wildman–Crippen LogP) is 4.65. The van der Waals surface area contributed by atoms with Crippen molar-refractivity contribution in [2.24, 2.45) is 0 Å². The van der Waals surface area contributed by atoms with Crippen LogP contribution in [0.5, 0.6) is 11.5 Å². The monoisotopic (exact) mass is 356 g/mol. The van der Waals surface area contributed by atoms with Gasteiger partial charge in [0.25, 0.3) is 0 Å². The van der Waals surface area contributed by atoms with Gasteiger partial charge in [-0.1, -0.05) is 30.0 Å². The molecule has 24 heavy (non-hydrogen) atoms. The minimum absolute atomic E-state index is 0.0774. The Morgan fingerprint density at radius 2 is 1.88 bits per heavy atom. The molecule has 0 saturated carbocycles. The van der Waals surface area contributed by atoms with Gasteiger partial charge < -0.3 is 9.84 Å². The summed E-state index contributed by atoms with van der Waals surface area (Å²) in [5.74, 6) is 7.64. The summed E-state index contributed by atoms with van der Waals surface area (Å²) >= 11 is 3.78. The van der Waals surface area contributed by atoms with Gasteiger partial charge in [0.2, 0.25) is 0 Å². The zero-order valence-corrected chi connectivity index (χ0v) is 15.5. The molecule has 1 aliphatic heterocycles. The van der Waals surface area contributed by atoms with E-state index in [2.05, 4.69) is 42.6 Å². The number of ether oxygens (including phenoxy) is 1. The molecule has 2 aromatic rings. The van der Waals surface area contributed by atoms with Crippen LogP contribution in [0.4, 0.5) is 0 Å². The number of fused-ring (bicyclic) bond motifs is 1. The Bertz CT molecular complexity index is 768. The van der Waals surface area contributed by atoms with E-state index in [4.69, 9.17) is 4.74 Å². The van der Waals surface area contributed by atoms with Gasteiger partial charge >= 0.3 is 0 Å². The quantitative estimate of drug-likeness (QED) is 0.640. The average Bonchev–Trinajstić information content (AvgIpc) is 2.63. The Balaban J connectivity index is 1.87. The second kappa shape index (κ2) is 7.46. The highest BCUT2D eigenvalue weighted by atomic mass is 32.2. The van der Waals surface area contributed by atoms with E-state index in [1.165, 1.54) is 5.56 Å². The van der Waals surface area contributed by atoms with E-state index in [1.54, 1.807) is 12.1 Å². The van der Waals surface area contributed by atoms with Crippen LogP contribution < -0.4 is 4.74 Å². The molecule has 0 radical (unpaired) electrons. The van der Waals surface area contributed by atoms with E-state index in [0.29, 0.717) is 6.42 Å². The van der Waals surface area contributed by atoms with Crippen molar-refractivity contribution in [2.75, 3.05) is 19.1 Å². The van der Waals surface area contributed by atoms with Crippen molar-refractivity contribution in [2.45, 2.75) is 16.9 Å². The third kappa shape index (κ3) is 3.38. The molecule has 124 valence electrons. The van der Waals surface area contributed by atoms with Gasteiger partial charge in [-0.2, -0.15) is 0 Å². The van der Waals surface area contributed by atoms with E-state index in [9.17, 15) is 5.11 Å². The summed E-state index contributed by atoms with van der Waals surface area (Å²) in [6, 6.07) is 13.3. The SMILES string of the molecule is CSC1(SC)CCOc2c(CC#Cc3ccc(O)cc3)cccc21. The van der Waals surface area contributed by atoms with Gasteiger partial charge in [0.1, 0.15) is 11.5 Å². The van der Waals surface area contributed by atoms with Crippen molar-refractivity contribution in [1.82, 2.24) is 0 Å². The molecule has 0 saturated heterocycles. The van der Waals surface area contributed by atoms with Crippen molar-refractivity contribution in [3.05, 3.63) is 59.2 Å². The molecule has 0 aliphatic carbocycles. The molecule has 0 atom stereocenters. The van der Waals surface area contributed by atoms with Crippen molar-refractivity contribution in [3.63, 3.8) is 0 Å². The van der Waals surface area contributed by atoms with Crippen LogP contribution in [0.2, 0.25) is 0 Å². The fourth-order valence-electron chi connectivity index (χ4n) is 2.91. The van der Waals surface area contributed by atoms with Crippen LogP contribution in [0.3, 0.4) is 0 Å². The summed E-state index contributed by atoms with van der Waals surface area (Å²) in [6.07, 6.45) is 6.01. The highest BCUT2D eigenvalue weighted by Gasteiger charge is 2.37. The van der Waals surface area contributed by atoms with E-state index >= 15 is 0 Å². The van der Waals surface area contributed by atoms with Crippen LogP contribution in [-0.2, 0) is 10.5 Å². The van der Waals surface area contributed by atoms with Gasteiger partial charge in [-0.3, -0.25) is 0 Å². The Morgan fingerprint density at radius 1 is 1.12 bits per heavy atom. The Labute approximate surface area is 152 Å². The number of aromatic hydroxyl groups is 1. The molecule has 1 N–H and O–H groups in total. The van der Waals surface area contributed by atoms with E-state index in [0.717, 1.165) is 29.9 Å². The number of para-hydroxylation sites is 1. The molecule has 1 aliphatic rings. The summed E-state index contributed by atoms with van der Waals surface area (Å²) in [5.41, 5.74) is 3.32. The molecular weight excluding hydrogens is 336 g/mol. The molecule has 2 nitrogen and oxygen atoms in total. The van der Waals surface area contributed by atoms with Crippen LogP contribution in [0, 0.1) is 11.8 Å². The number of thioether (sulfide) groups is 2. The smallest absolute Gasteiger partial charge is 0.128 e. The maximum atomic E-state index is 9.32. The Kier molecular flexibility index (Phi) is 5.33. The molecule has 3 rings (SSSR count). The van der Waals surface area contributed by atoms with Crippen LogP contribution >= 0.6 is 23.5 Å². The zero-order valence-electron chi connectivity index (χ0n) is 13.8. The molecule has 1 heterocycles. The average molecular weight is 357 g/mol. The number of hydrogen-bond donors (Lipinski definition) is 1. The van der Waals surface area contributed by atoms with Gasteiger partial charge in [-0.25, -0.2) is 0 Å². The minimum Gasteiger partial charge on any atom is -0.508 e. The first kappa shape index (κ1) is 17.1. The second-order valence-electron chi connectivity index (χ2n) is 5.58. The Morgan fingerprint density at radius 3 is 2.58 bits per heavy atom. The number of phenols is 1. The summed E-state index contributed by atoms with van der Waals surface area (Å²) in [4.78, 5) is 0. The largest absolute Gasteiger partial charge is 0.508 e. The standard InChI is InChI=1S/C20H20O2S2/c1-23-20(24-2)13-14-22-19-16(7-4-8-18(19)20)6-3-5-15-9-11-17(21)12-10-15/h4,7-12,21H,6,13-14H2,1-2H3. The fourth-order valence-corrected chi connectivity index (χ4v) is 4.91. The number of benzene rings is 2. The maximum Gasteiger partial charge on any atom is 0.128 e. The van der Waals surface area contributed by atoms with E-state index < -0.39 is 0 Å². The van der Waals surface area contributed by atoms with Gasteiger partial charge in [-0.15, -0.1) is 23.5 Å². The summed E-state index contributed by atoms with van der Waals surface area (Å²) in [5, 5.41) is 9.32. The first-order chi connectivity index (χ1) is 11.7. The van der Waals surface area contributed by atoms with Crippen LogP contribution in [0.15, 0.2) is 42.5 Å². The van der Waals surface area contributed by atoms with Crippen molar-refractivity contribution >= 4 is 23.5 Å². The van der Waals surface area contributed by atoms with Crippen LogP contribution in [0.1, 0.15) is 23.1 Å². The first-order valence-electron chi connectivity index (χ1n) is 7.82. The minimum atomic E-state index is 0.0774. The lowest BCUT2D eigenvalue weighted by Crippen LogP contribution is -2.27. The molecule has 4 heteroatoms. The van der Waals surface area contributed by atoms with Gasteiger partial charge in [-0.05, 0) is 36.8 Å². The third-order valence-corrected chi connectivity index (χ3v) is 7.39. The second-order valence-corrected chi connectivity index (χ2v) is 8.05. The molecule has 0 unspecified atom stereocenters. The normalized spacial score (nSPS) is 14.9. The lowest BCUT2D eigenvalue weighted by atomic mass is 9.99. The fraction of sp³-hybridized carbons (Fsp3) is 0.300. The highest BCUT2D eigenvalue weighted by molar-refractivity contribution is 8.16. The third-order valence-electron chi connectivity index (χ3n) is 4.22. The molecule has 0 amide bonds. The topological polar surface area (TPSA) is 29.5 Å². The predicted molar refractivity (Wildman–Crippen MR) is 104 cm³/mol. The number of rotatable bonds is 3. The number of hydrogen-bond acceptors (Lipinski definition) is 4. The zero-order chi connectivity index (χ0) is 17.0. The van der Waals surface area contributed by atoms with Gasteiger partial charge in [0, 0.05) is 29.5 Å². The Hall–Kier alpha value is -1.70. The summed E-state index contributed by atoms with van der Waals surface area (Å²) < 4.78 is 6.08. The maximum absolute atomic E-state index is 9.32. The van der Waals surface area contributed by atoms with Crippen LogP contribution in [-0.4, -0.2) is 24.2 Å². The highest BCUT2D eigenvalue weighted by Crippen LogP contribution is 2.53. The summed E-state index contributed by atoms with van der Waals surface area (Å²) in [7, 11) is 0. The van der Waals surface area contributed by atoms with Gasteiger partial charge in [0.15, 0.2) is 0 Å². The summed E-state index contributed by atoms with van der Waals surface area (Å²) in [6.45, 7) is 0.747. The van der Waals surface area contributed by atoms with Crippen LogP contribution in [0.25, 0.3) is 0 Å². The van der Waals surface area contributed by atoms with Crippen molar-refractivity contribution in [1.29, 1.82) is 0 Å². The van der Waals surface area contributed by atoms with Crippen molar-refractivity contribution in [3.8, 4) is 23.3 Å². The molecule has 0 spiro atoms.